The van der Waals surface area contributed by atoms with Gasteiger partial charge in [0.05, 0.1) is 4.91 Å². The van der Waals surface area contributed by atoms with Gasteiger partial charge in [-0.15, -0.1) is 11.8 Å². The molecule has 1 heterocycles. The third-order valence-electron chi connectivity index (χ3n) is 5.29. The van der Waals surface area contributed by atoms with Gasteiger partial charge < -0.3 is 10.6 Å². The number of nitrogens with one attached hydrogen (secondary N) is 2. The zero-order valence-corrected chi connectivity index (χ0v) is 16.5. The van der Waals surface area contributed by atoms with Gasteiger partial charge in [-0.05, 0) is 42.2 Å². The monoisotopic (exact) mass is 392 g/mol. The lowest BCUT2D eigenvalue weighted by molar-refractivity contribution is -0.117. The summed E-state index contributed by atoms with van der Waals surface area (Å²) in [7, 11) is 0. The normalized spacial score (nSPS) is 23.0. The van der Waals surface area contributed by atoms with Crippen molar-refractivity contribution >= 4 is 29.7 Å². The first kappa shape index (κ1) is 18.8. The summed E-state index contributed by atoms with van der Waals surface area (Å²) in [6.45, 7) is 0.505. The van der Waals surface area contributed by atoms with Crippen LogP contribution in [0.2, 0.25) is 0 Å². The van der Waals surface area contributed by atoms with Crippen LogP contribution in [0.3, 0.4) is 0 Å². The van der Waals surface area contributed by atoms with Crippen molar-refractivity contribution in [3.8, 4) is 0 Å². The van der Waals surface area contributed by atoms with E-state index in [4.69, 9.17) is 0 Å². The van der Waals surface area contributed by atoms with Crippen LogP contribution in [-0.4, -0.2) is 23.1 Å². The van der Waals surface area contributed by atoms with Crippen molar-refractivity contribution in [1.29, 1.82) is 0 Å². The van der Waals surface area contributed by atoms with Crippen molar-refractivity contribution in [3.63, 3.8) is 0 Å². The Morgan fingerprint density at radius 2 is 1.82 bits per heavy atom. The summed E-state index contributed by atoms with van der Waals surface area (Å²) >= 11 is 1.70. The van der Waals surface area contributed by atoms with E-state index in [2.05, 4.69) is 10.6 Å². The summed E-state index contributed by atoms with van der Waals surface area (Å²) in [6.07, 6.45) is 6.62. The van der Waals surface area contributed by atoms with Gasteiger partial charge >= 0.3 is 0 Å². The largest absolute Gasteiger partial charge is 0.348 e. The first-order valence-corrected chi connectivity index (χ1v) is 10.7. The Morgan fingerprint density at radius 3 is 2.61 bits per heavy atom. The Bertz CT molecular complexity index is 877. The molecule has 2 fully saturated rings. The Morgan fingerprint density at radius 1 is 1.07 bits per heavy atom. The Hall–Kier alpha value is -2.53. The molecular formula is C23H24N2O2S. The van der Waals surface area contributed by atoms with E-state index in [0.717, 1.165) is 28.9 Å². The van der Waals surface area contributed by atoms with E-state index in [1.165, 1.54) is 12.8 Å². The van der Waals surface area contributed by atoms with Crippen LogP contribution in [0.25, 0.3) is 6.08 Å². The first-order valence-electron chi connectivity index (χ1n) is 9.80. The predicted octanol–water partition coefficient (Wildman–Crippen LogP) is 4.13. The second-order valence-corrected chi connectivity index (χ2v) is 8.60. The Labute approximate surface area is 169 Å². The number of carbonyl (C=O) groups excluding carboxylic acids is 2. The Kier molecular flexibility index (Phi) is 5.81. The summed E-state index contributed by atoms with van der Waals surface area (Å²) in [4.78, 5) is 25.5. The fourth-order valence-electron chi connectivity index (χ4n) is 3.72. The molecule has 0 spiro atoms. The van der Waals surface area contributed by atoms with Crippen molar-refractivity contribution in [2.45, 2.75) is 43.5 Å². The van der Waals surface area contributed by atoms with E-state index in [9.17, 15) is 9.59 Å². The van der Waals surface area contributed by atoms with Gasteiger partial charge in [-0.1, -0.05) is 55.3 Å². The number of hydrogen-bond donors (Lipinski definition) is 2. The summed E-state index contributed by atoms with van der Waals surface area (Å²) in [5.41, 5.74) is 2.62. The van der Waals surface area contributed by atoms with Gasteiger partial charge in [-0.25, -0.2) is 0 Å². The lowest BCUT2D eigenvalue weighted by Crippen LogP contribution is -2.48. The molecule has 28 heavy (non-hydrogen) atoms. The maximum atomic E-state index is 12.4. The van der Waals surface area contributed by atoms with Crippen LogP contribution in [0, 0.1) is 0 Å². The zero-order chi connectivity index (χ0) is 19.3. The van der Waals surface area contributed by atoms with Crippen molar-refractivity contribution in [2.24, 2.45) is 0 Å². The maximum absolute atomic E-state index is 12.4. The molecule has 0 radical (unpaired) electrons. The molecule has 1 aliphatic carbocycles. The molecule has 1 aliphatic heterocycles. The number of amides is 2. The molecule has 2 aliphatic rings. The molecule has 2 atom stereocenters. The second-order valence-electron chi connectivity index (χ2n) is 7.32. The molecule has 2 amide bonds. The molecule has 0 aromatic heterocycles. The standard InChI is InChI=1S/C23H24N2O2S/c26-22(24-15-17-6-2-1-3-7-17)18-12-10-16(11-13-18)14-21-23(27)25-19-8-4-5-9-20(19)28-21/h1-3,6-7,10-14,19-20H,4-5,8-9,15H2,(H,24,26)(H,25,27)/b21-14+. The number of fused-ring (bicyclic) bond motifs is 1. The smallest absolute Gasteiger partial charge is 0.257 e. The number of thioether (sulfide) groups is 1. The number of rotatable bonds is 4. The minimum atomic E-state index is -0.0992. The first-order chi connectivity index (χ1) is 13.7. The molecule has 4 rings (SSSR count). The van der Waals surface area contributed by atoms with Crippen LogP contribution in [0.4, 0.5) is 0 Å². The molecule has 2 aromatic rings. The SMILES string of the molecule is O=C1NC2CCCCC2S/C1=C/c1ccc(C(=O)NCc2ccccc2)cc1. The van der Waals surface area contributed by atoms with E-state index in [1.807, 2.05) is 60.7 Å². The predicted molar refractivity (Wildman–Crippen MR) is 114 cm³/mol. The van der Waals surface area contributed by atoms with Gasteiger partial charge in [0.2, 0.25) is 0 Å². The highest BCUT2D eigenvalue weighted by molar-refractivity contribution is 8.04. The molecule has 144 valence electrons. The van der Waals surface area contributed by atoms with Gasteiger partial charge in [0, 0.05) is 23.4 Å². The Balaban J connectivity index is 1.39. The second kappa shape index (κ2) is 8.65. The zero-order valence-electron chi connectivity index (χ0n) is 15.7. The lowest BCUT2D eigenvalue weighted by atomic mass is 9.94. The average molecular weight is 393 g/mol. The molecule has 0 bridgehead atoms. The molecular weight excluding hydrogens is 368 g/mol. The van der Waals surface area contributed by atoms with Crippen LogP contribution in [0.1, 0.15) is 47.2 Å². The van der Waals surface area contributed by atoms with E-state index in [-0.39, 0.29) is 11.8 Å². The highest BCUT2D eigenvalue weighted by Crippen LogP contribution is 2.37. The summed E-state index contributed by atoms with van der Waals surface area (Å²) in [6, 6.07) is 17.6. The minimum absolute atomic E-state index is 0.0258. The topological polar surface area (TPSA) is 58.2 Å². The lowest BCUT2D eigenvalue weighted by Gasteiger charge is -2.36. The van der Waals surface area contributed by atoms with Gasteiger partial charge in [0.25, 0.3) is 11.8 Å². The molecule has 1 saturated heterocycles. The van der Waals surface area contributed by atoms with Crippen LogP contribution in [0.5, 0.6) is 0 Å². The summed E-state index contributed by atoms with van der Waals surface area (Å²) < 4.78 is 0. The average Bonchev–Trinajstić information content (AvgIpc) is 2.74. The quantitative estimate of drug-likeness (QED) is 0.769. The van der Waals surface area contributed by atoms with Crippen molar-refractivity contribution in [2.75, 3.05) is 0 Å². The molecule has 2 N–H and O–H groups in total. The number of carbonyl (C=O) groups is 2. The third kappa shape index (κ3) is 4.47. The van der Waals surface area contributed by atoms with E-state index < -0.39 is 0 Å². The third-order valence-corrected chi connectivity index (χ3v) is 6.71. The molecule has 4 nitrogen and oxygen atoms in total. The highest BCUT2D eigenvalue weighted by Gasteiger charge is 2.34. The van der Waals surface area contributed by atoms with E-state index in [1.54, 1.807) is 11.8 Å². The van der Waals surface area contributed by atoms with Crippen molar-refractivity contribution < 1.29 is 9.59 Å². The fraction of sp³-hybridized carbons (Fsp3) is 0.304. The van der Waals surface area contributed by atoms with Crippen LogP contribution >= 0.6 is 11.8 Å². The van der Waals surface area contributed by atoms with Gasteiger partial charge in [-0.2, -0.15) is 0 Å². The van der Waals surface area contributed by atoms with Gasteiger partial charge in [-0.3, -0.25) is 9.59 Å². The van der Waals surface area contributed by atoms with E-state index in [0.29, 0.717) is 23.4 Å². The maximum Gasteiger partial charge on any atom is 0.257 e. The van der Waals surface area contributed by atoms with Crippen LogP contribution in [-0.2, 0) is 11.3 Å². The van der Waals surface area contributed by atoms with Crippen LogP contribution in [0.15, 0.2) is 59.5 Å². The van der Waals surface area contributed by atoms with Crippen LogP contribution < -0.4 is 10.6 Å². The van der Waals surface area contributed by atoms with Crippen molar-refractivity contribution in [1.82, 2.24) is 10.6 Å². The molecule has 1 saturated carbocycles. The number of hydrogen-bond acceptors (Lipinski definition) is 3. The minimum Gasteiger partial charge on any atom is -0.348 e. The van der Waals surface area contributed by atoms with Gasteiger partial charge in [0.15, 0.2) is 0 Å². The highest BCUT2D eigenvalue weighted by atomic mass is 32.2. The summed E-state index contributed by atoms with van der Waals surface area (Å²) in [5.74, 6) is -0.0734. The molecule has 2 aromatic carbocycles. The molecule has 5 heteroatoms. The number of benzene rings is 2. The fourth-order valence-corrected chi connectivity index (χ4v) is 5.07. The molecule has 2 unspecified atom stereocenters. The van der Waals surface area contributed by atoms with Gasteiger partial charge in [0.1, 0.15) is 0 Å². The summed E-state index contributed by atoms with van der Waals surface area (Å²) in [5, 5.41) is 6.58. The van der Waals surface area contributed by atoms with Crippen molar-refractivity contribution in [3.05, 3.63) is 76.2 Å². The van der Waals surface area contributed by atoms with E-state index >= 15 is 0 Å².